The maximum atomic E-state index is 3.56. The van der Waals surface area contributed by atoms with Gasteiger partial charge < -0.3 is 5.32 Å². The Morgan fingerprint density at radius 2 is 2.47 bits per heavy atom. The number of nitrogens with one attached hydrogen (secondary N) is 1. The van der Waals surface area contributed by atoms with Gasteiger partial charge in [0.25, 0.3) is 0 Å². The average Bonchev–Trinajstić information content (AvgIpc) is 2.97. The molecule has 2 nitrogen and oxygen atoms in total. The van der Waals surface area contributed by atoms with Crippen LogP contribution in [0.5, 0.6) is 0 Å². The van der Waals surface area contributed by atoms with Gasteiger partial charge in [-0.25, -0.2) is 0 Å². The minimum absolute atomic E-state index is 0.778. The maximum Gasteiger partial charge on any atom is 0.0221 e. The lowest BCUT2D eigenvalue weighted by atomic mass is 10.2. The molecule has 0 aromatic carbocycles. The van der Waals surface area contributed by atoms with E-state index >= 15 is 0 Å². The van der Waals surface area contributed by atoms with E-state index < -0.39 is 0 Å². The molecule has 1 aliphatic heterocycles. The first kappa shape index (κ1) is 13.1. The second kappa shape index (κ2) is 7.14. The lowest BCUT2D eigenvalue weighted by molar-refractivity contribution is 0.250. The molecule has 3 heteroatoms. The Labute approximate surface area is 109 Å². The summed E-state index contributed by atoms with van der Waals surface area (Å²) < 4.78 is 0. The molecule has 0 spiro atoms. The topological polar surface area (TPSA) is 15.3 Å². The molecule has 1 aliphatic rings. The summed E-state index contributed by atoms with van der Waals surface area (Å²) in [4.78, 5) is 2.67. The van der Waals surface area contributed by atoms with E-state index in [0.29, 0.717) is 0 Å². The number of likely N-dealkylation sites (tertiary alicyclic amines) is 1. The van der Waals surface area contributed by atoms with E-state index in [2.05, 4.69) is 34.0 Å². The predicted octanol–water partition coefficient (Wildman–Crippen LogP) is 2.75. The van der Waals surface area contributed by atoms with Gasteiger partial charge in [-0.1, -0.05) is 6.92 Å². The van der Waals surface area contributed by atoms with Gasteiger partial charge in [0.15, 0.2) is 0 Å². The molecule has 2 rings (SSSR count). The monoisotopic (exact) mass is 252 g/mol. The van der Waals surface area contributed by atoms with Crippen LogP contribution in [0.15, 0.2) is 16.8 Å². The summed E-state index contributed by atoms with van der Waals surface area (Å²) in [5.74, 6) is 0. The van der Waals surface area contributed by atoms with Gasteiger partial charge in [0.2, 0.25) is 0 Å². The van der Waals surface area contributed by atoms with E-state index in [1.165, 1.54) is 50.9 Å². The van der Waals surface area contributed by atoms with Crippen LogP contribution in [0, 0.1) is 0 Å². The molecule has 1 aromatic rings. The third-order valence-corrected chi connectivity index (χ3v) is 4.31. The molecular weight excluding hydrogens is 228 g/mol. The fourth-order valence-corrected chi connectivity index (χ4v) is 3.28. The first-order chi connectivity index (χ1) is 8.40. The first-order valence-electron chi connectivity index (χ1n) is 6.86. The zero-order chi connectivity index (χ0) is 11.9. The van der Waals surface area contributed by atoms with Gasteiger partial charge in [0.05, 0.1) is 0 Å². The van der Waals surface area contributed by atoms with Gasteiger partial charge >= 0.3 is 0 Å². The van der Waals surface area contributed by atoms with E-state index in [4.69, 9.17) is 0 Å². The van der Waals surface area contributed by atoms with Crippen molar-refractivity contribution in [2.45, 2.75) is 38.6 Å². The van der Waals surface area contributed by atoms with Crippen molar-refractivity contribution in [1.82, 2.24) is 10.2 Å². The second-order valence-corrected chi connectivity index (χ2v) is 5.70. The van der Waals surface area contributed by atoms with Gasteiger partial charge in [-0.2, -0.15) is 11.3 Å². The minimum atomic E-state index is 0.778. The SMILES string of the molecule is CCCNCC1CCCN1CCc1ccsc1. The van der Waals surface area contributed by atoms with Crippen molar-refractivity contribution < 1.29 is 0 Å². The minimum Gasteiger partial charge on any atom is -0.315 e. The fourth-order valence-electron chi connectivity index (χ4n) is 2.57. The zero-order valence-corrected chi connectivity index (χ0v) is 11.6. The quantitative estimate of drug-likeness (QED) is 0.751. The highest BCUT2D eigenvalue weighted by Gasteiger charge is 2.23. The molecule has 17 heavy (non-hydrogen) atoms. The Balaban J connectivity index is 1.71. The third-order valence-electron chi connectivity index (χ3n) is 3.57. The molecule has 1 N–H and O–H groups in total. The summed E-state index contributed by atoms with van der Waals surface area (Å²) >= 11 is 1.81. The van der Waals surface area contributed by atoms with Crippen LogP contribution in [0.25, 0.3) is 0 Å². The Bertz CT molecular complexity index is 297. The summed E-state index contributed by atoms with van der Waals surface area (Å²) in [5, 5.41) is 8.02. The van der Waals surface area contributed by atoms with Gasteiger partial charge in [-0.3, -0.25) is 4.90 Å². The second-order valence-electron chi connectivity index (χ2n) is 4.92. The van der Waals surface area contributed by atoms with Crippen LogP contribution in [0.3, 0.4) is 0 Å². The van der Waals surface area contributed by atoms with Crippen LogP contribution in [0.2, 0.25) is 0 Å². The van der Waals surface area contributed by atoms with Crippen LogP contribution in [-0.4, -0.2) is 37.1 Å². The van der Waals surface area contributed by atoms with E-state index in [9.17, 15) is 0 Å². The van der Waals surface area contributed by atoms with E-state index in [1.807, 2.05) is 11.3 Å². The van der Waals surface area contributed by atoms with Crippen molar-refractivity contribution in [2.24, 2.45) is 0 Å². The largest absolute Gasteiger partial charge is 0.315 e. The van der Waals surface area contributed by atoms with Crippen molar-refractivity contribution in [1.29, 1.82) is 0 Å². The standard InChI is InChI=1S/C14H24N2S/c1-2-7-15-11-14-4-3-8-16(14)9-5-13-6-10-17-12-13/h6,10,12,14-15H,2-5,7-9,11H2,1H3. The summed E-state index contributed by atoms with van der Waals surface area (Å²) in [5.41, 5.74) is 1.50. The van der Waals surface area contributed by atoms with E-state index in [-0.39, 0.29) is 0 Å². The van der Waals surface area contributed by atoms with Crippen molar-refractivity contribution in [3.8, 4) is 0 Å². The Morgan fingerprint density at radius 3 is 3.24 bits per heavy atom. The molecule has 0 amide bonds. The molecule has 1 aromatic heterocycles. The smallest absolute Gasteiger partial charge is 0.0221 e. The number of hydrogen-bond acceptors (Lipinski definition) is 3. The normalized spacial score (nSPS) is 21.1. The van der Waals surface area contributed by atoms with Gasteiger partial charge in [0.1, 0.15) is 0 Å². The average molecular weight is 252 g/mol. The van der Waals surface area contributed by atoms with Crippen LogP contribution in [-0.2, 0) is 6.42 Å². The Hall–Kier alpha value is -0.380. The maximum absolute atomic E-state index is 3.56. The van der Waals surface area contributed by atoms with Crippen molar-refractivity contribution in [3.63, 3.8) is 0 Å². The number of thiophene rings is 1. The molecule has 0 radical (unpaired) electrons. The lowest BCUT2D eigenvalue weighted by Gasteiger charge is -2.24. The summed E-state index contributed by atoms with van der Waals surface area (Å²) in [6, 6.07) is 3.03. The zero-order valence-electron chi connectivity index (χ0n) is 10.8. The summed E-state index contributed by atoms with van der Waals surface area (Å²) in [6.45, 7) is 7.10. The number of nitrogens with zero attached hydrogens (tertiary/aromatic N) is 1. The van der Waals surface area contributed by atoms with Gasteiger partial charge in [0, 0.05) is 19.1 Å². The molecule has 1 saturated heterocycles. The number of rotatable bonds is 7. The van der Waals surface area contributed by atoms with Crippen LogP contribution in [0.1, 0.15) is 31.7 Å². The third kappa shape index (κ3) is 4.09. The molecular formula is C14H24N2S. The summed E-state index contributed by atoms with van der Waals surface area (Å²) in [7, 11) is 0. The summed E-state index contributed by atoms with van der Waals surface area (Å²) in [6.07, 6.45) is 5.21. The van der Waals surface area contributed by atoms with Crippen LogP contribution < -0.4 is 5.32 Å². The van der Waals surface area contributed by atoms with Crippen LogP contribution in [0.4, 0.5) is 0 Å². The van der Waals surface area contributed by atoms with E-state index in [0.717, 1.165) is 12.6 Å². The Kier molecular flexibility index (Phi) is 5.49. The van der Waals surface area contributed by atoms with Crippen molar-refractivity contribution in [2.75, 3.05) is 26.2 Å². The molecule has 1 atom stereocenters. The first-order valence-corrected chi connectivity index (χ1v) is 7.80. The fraction of sp³-hybridized carbons (Fsp3) is 0.714. The molecule has 1 fully saturated rings. The highest BCUT2D eigenvalue weighted by atomic mass is 32.1. The molecule has 0 saturated carbocycles. The highest BCUT2D eigenvalue weighted by molar-refractivity contribution is 7.07. The van der Waals surface area contributed by atoms with Crippen molar-refractivity contribution in [3.05, 3.63) is 22.4 Å². The lowest BCUT2D eigenvalue weighted by Crippen LogP contribution is -2.39. The molecule has 96 valence electrons. The molecule has 0 bridgehead atoms. The van der Waals surface area contributed by atoms with Gasteiger partial charge in [-0.05, 0) is 61.2 Å². The molecule has 0 aliphatic carbocycles. The molecule has 2 heterocycles. The Morgan fingerprint density at radius 1 is 1.53 bits per heavy atom. The van der Waals surface area contributed by atoms with E-state index in [1.54, 1.807) is 0 Å². The molecule has 1 unspecified atom stereocenters. The predicted molar refractivity (Wildman–Crippen MR) is 75.8 cm³/mol. The van der Waals surface area contributed by atoms with Crippen LogP contribution >= 0.6 is 11.3 Å². The highest BCUT2D eigenvalue weighted by Crippen LogP contribution is 2.17. The van der Waals surface area contributed by atoms with Crippen molar-refractivity contribution >= 4 is 11.3 Å². The van der Waals surface area contributed by atoms with Gasteiger partial charge in [-0.15, -0.1) is 0 Å². The number of hydrogen-bond donors (Lipinski definition) is 1.